The molecule has 0 N–H and O–H groups in total. The van der Waals surface area contributed by atoms with Crippen molar-refractivity contribution in [2.75, 3.05) is 38.8 Å². The summed E-state index contributed by atoms with van der Waals surface area (Å²) in [6.07, 6.45) is 0.934. The highest BCUT2D eigenvalue weighted by Crippen LogP contribution is 2.29. The van der Waals surface area contributed by atoms with E-state index in [0.29, 0.717) is 24.6 Å². The number of fused-ring (bicyclic) bond motifs is 1. The second-order valence-corrected chi connectivity index (χ2v) is 6.42. The summed E-state index contributed by atoms with van der Waals surface area (Å²) in [7, 11) is 3.26. The molecular formula is C21H26N2O3. The van der Waals surface area contributed by atoms with Crippen LogP contribution in [0.5, 0.6) is 11.5 Å². The minimum atomic E-state index is 0.150. The third kappa shape index (κ3) is 3.83. The SMILES string of the molecule is CCN(CC(=O)N1CCc2ccccc21)Cc1ccc(OC)c(OC)c1. The van der Waals surface area contributed by atoms with Crippen molar-refractivity contribution >= 4 is 11.6 Å². The topological polar surface area (TPSA) is 42.0 Å². The zero-order chi connectivity index (χ0) is 18.5. The van der Waals surface area contributed by atoms with Crippen LogP contribution in [0.25, 0.3) is 0 Å². The Morgan fingerprint density at radius 2 is 1.88 bits per heavy atom. The van der Waals surface area contributed by atoms with E-state index in [1.165, 1.54) is 5.56 Å². The van der Waals surface area contributed by atoms with Crippen LogP contribution in [-0.2, 0) is 17.8 Å². The van der Waals surface area contributed by atoms with Crippen LogP contribution >= 0.6 is 0 Å². The predicted octanol–water partition coefficient (Wildman–Crippen LogP) is 3.12. The number of carbonyl (C=O) groups excluding carboxylic acids is 1. The molecule has 5 heteroatoms. The number of likely N-dealkylation sites (N-methyl/N-ethyl adjacent to an activating group) is 1. The summed E-state index contributed by atoms with van der Waals surface area (Å²) in [5.74, 6) is 1.57. The lowest BCUT2D eigenvalue weighted by molar-refractivity contribution is -0.119. The standard InChI is InChI=1S/C21H26N2O3/c1-4-22(14-16-9-10-19(25-2)20(13-16)26-3)15-21(24)23-12-11-17-7-5-6-8-18(17)23/h5-10,13H,4,11-12,14-15H2,1-3H3. The molecule has 0 saturated carbocycles. The van der Waals surface area contributed by atoms with Crippen molar-refractivity contribution < 1.29 is 14.3 Å². The molecule has 0 aromatic heterocycles. The van der Waals surface area contributed by atoms with E-state index in [4.69, 9.17) is 9.47 Å². The molecule has 0 spiro atoms. The number of rotatable bonds is 7. The first kappa shape index (κ1) is 18.3. The summed E-state index contributed by atoms with van der Waals surface area (Å²) in [6.45, 7) is 4.74. The molecule has 3 rings (SSSR count). The number of methoxy groups -OCH3 is 2. The Morgan fingerprint density at radius 3 is 2.62 bits per heavy atom. The highest BCUT2D eigenvalue weighted by molar-refractivity contribution is 5.96. The molecule has 0 aliphatic carbocycles. The van der Waals surface area contributed by atoms with E-state index >= 15 is 0 Å². The van der Waals surface area contributed by atoms with E-state index in [1.54, 1.807) is 14.2 Å². The maximum atomic E-state index is 12.8. The molecule has 0 radical (unpaired) electrons. The fourth-order valence-corrected chi connectivity index (χ4v) is 3.39. The van der Waals surface area contributed by atoms with Gasteiger partial charge in [-0.1, -0.05) is 31.2 Å². The monoisotopic (exact) mass is 354 g/mol. The second-order valence-electron chi connectivity index (χ2n) is 6.42. The molecule has 5 nitrogen and oxygen atoms in total. The van der Waals surface area contributed by atoms with Crippen LogP contribution in [0.1, 0.15) is 18.1 Å². The van der Waals surface area contributed by atoms with Crippen LogP contribution in [0.2, 0.25) is 0 Å². The molecule has 0 saturated heterocycles. The van der Waals surface area contributed by atoms with Gasteiger partial charge in [0.1, 0.15) is 0 Å². The number of hydrogen-bond acceptors (Lipinski definition) is 4. The van der Waals surface area contributed by atoms with E-state index < -0.39 is 0 Å². The van der Waals surface area contributed by atoms with E-state index in [2.05, 4.69) is 17.9 Å². The molecule has 0 fully saturated rings. The number of hydrogen-bond donors (Lipinski definition) is 0. The molecule has 0 atom stereocenters. The van der Waals surface area contributed by atoms with Gasteiger partial charge in [-0.05, 0) is 42.3 Å². The number of ether oxygens (including phenoxy) is 2. The number of anilines is 1. The van der Waals surface area contributed by atoms with Crippen molar-refractivity contribution in [2.24, 2.45) is 0 Å². The molecule has 0 unspecified atom stereocenters. The van der Waals surface area contributed by atoms with Gasteiger partial charge in [0, 0.05) is 18.8 Å². The maximum absolute atomic E-state index is 12.8. The fourth-order valence-electron chi connectivity index (χ4n) is 3.39. The zero-order valence-electron chi connectivity index (χ0n) is 15.7. The summed E-state index contributed by atoms with van der Waals surface area (Å²) >= 11 is 0. The lowest BCUT2D eigenvalue weighted by atomic mass is 10.2. The van der Waals surface area contributed by atoms with Gasteiger partial charge in [0.2, 0.25) is 5.91 Å². The molecule has 2 aromatic rings. The van der Waals surface area contributed by atoms with Crippen molar-refractivity contribution in [3.8, 4) is 11.5 Å². The van der Waals surface area contributed by atoms with Crippen molar-refractivity contribution in [1.82, 2.24) is 4.90 Å². The van der Waals surface area contributed by atoms with Crippen molar-refractivity contribution in [3.05, 3.63) is 53.6 Å². The Morgan fingerprint density at radius 1 is 1.12 bits per heavy atom. The molecule has 1 aliphatic rings. The van der Waals surface area contributed by atoms with Gasteiger partial charge in [-0.25, -0.2) is 0 Å². The van der Waals surface area contributed by atoms with Crippen LogP contribution in [0, 0.1) is 0 Å². The molecule has 2 aromatic carbocycles. The number of benzene rings is 2. The van der Waals surface area contributed by atoms with Gasteiger partial charge in [0.15, 0.2) is 11.5 Å². The number of para-hydroxylation sites is 1. The van der Waals surface area contributed by atoms with Crippen molar-refractivity contribution in [1.29, 1.82) is 0 Å². The van der Waals surface area contributed by atoms with E-state index in [1.807, 2.05) is 41.3 Å². The number of nitrogens with zero attached hydrogens (tertiary/aromatic N) is 2. The first-order valence-electron chi connectivity index (χ1n) is 8.97. The number of amides is 1. The Kier molecular flexibility index (Phi) is 5.78. The van der Waals surface area contributed by atoms with Gasteiger partial charge in [0.25, 0.3) is 0 Å². The summed E-state index contributed by atoms with van der Waals surface area (Å²) in [5, 5.41) is 0. The molecular weight excluding hydrogens is 328 g/mol. The van der Waals surface area contributed by atoms with Gasteiger partial charge < -0.3 is 14.4 Å². The van der Waals surface area contributed by atoms with Crippen molar-refractivity contribution in [3.63, 3.8) is 0 Å². The van der Waals surface area contributed by atoms with Crippen LogP contribution in [0.3, 0.4) is 0 Å². The third-order valence-electron chi connectivity index (χ3n) is 4.85. The van der Waals surface area contributed by atoms with Crippen LogP contribution in [-0.4, -0.2) is 44.7 Å². The van der Waals surface area contributed by atoms with Gasteiger partial charge in [-0.3, -0.25) is 9.69 Å². The van der Waals surface area contributed by atoms with Gasteiger partial charge in [-0.15, -0.1) is 0 Å². The minimum Gasteiger partial charge on any atom is -0.493 e. The van der Waals surface area contributed by atoms with Crippen LogP contribution in [0.4, 0.5) is 5.69 Å². The number of carbonyl (C=O) groups is 1. The highest BCUT2D eigenvalue weighted by atomic mass is 16.5. The smallest absolute Gasteiger partial charge is 0.241 e. The summed E-state index contributed by atoms with van der Waals surface area (Å²) in [4.78, 5) is 16.9. The minimum absolute atomic E-state index is 0.150. The average Bonchev–Trinajstić information content (AvgIpc) is 3.11. The molecule has 0 bridgehead atoms. The third-order valence-corrected chi connectivity index (χ3v) is 4.85. The Hall–Kier alpha value is -2.53. The molecule has 138 valence electrons. The summed E-state index contributed by atoms with van der Waals surface area (Å²) in [6, 6.07) is 14.0. The Balaban J connectivity index is 1.67. The van der Waals surface area contributed by atoms with Crippen LogP contribution < -0.4 is 14.4 Å². The largest absolute Gasteiger partial charge is 0.493 e. The fraction of sp³-hybridized carbons (Fsp3) is 0.381. The average molecular weight is 354 g/mol. The van der Waals surface area contributed by atoms with Gasteiger partial charge >= 0.3 is 0 Å². The Labute approximate surface area is 155 Å². The van der Waals surface area contributed by atoms with E-state index in [9.17, 15) is 4.79 Å². The van der Waals surface area contributed by atoms with Gasteiger partial charge in [0.05, 0.1) is 20.8 Å². The Bertz CT molecular complexity index is 776. The maximum Gasteiger partial charge on any atom is 0.241 e. The molecule has 1 aliphatic heterocycles. The first-order chi connectivity index (χ1) is 12.7. The zero-order valence-corrected chi connectivity index (χ0v) is 15.7. The van der Waals surface area contributed by atoms with E-state index in [-0.39, 0.29) is 5.91 Å². The molecule has 1 amide bonds. The van der Waals surface area contributed by atoms with Gasteiger partial charge in [-0.2, -0.15) is 0 Å². The quantitative estimate of drug-likeness (QED) is 0.766. The summed E-state index contributed by atoms with van der Waals surface area (Å²) in [5.41, 5.74) is 3.41. The lowest BCUT2D eigenvalue weighted by Gasteiger charge is -2.24. The first-order valence-corrected chi connectivity index (χ1v) is 8.97. The predicted molar refractivity (Wildman–Crippen MR) is 103 cm³/mol. The van der Waals surface area contributed by atoms with E-state index in [0.717, 1.165) is 30.8 Å². The van der Waals surface area contributed by atoms with Crippen molar-refractivity contribution in [2.45, 2.75) is 19.9 Å². The highest BCUT2D eigenvalue weighted by Gasteiger charge is 2.25. The normalized spacial score (nSPS) is 13.0. The lowest BCUT2D eigenvalue weighted by Crippen LogP contribution is -2.39. The molecule has 1 heterocycles. The molecule has 26 heavy (non-hydrogen) atoms. The van der Waals surface area contributed by atoms with Crippen LogP contribution in [0.15, 0.2) is 42.5 Å². The second kappa shape index (κ2) is 8.23. The summed E-state index contributed by atoms with van der Waals surface area (Å²) < 4.78 is 10.7.